The minimum Gasteiger partial charge on any atom is -0.451 e. The Morgan fingerprint density at radius 1 is 1.07 bits per heavy atom. The highest BCUT2D eigenvalue weighted by Gasteiger charge is 2.21. The van der Waals surface area contributed by atoms with Gasteiger partial charge in [0.1, 0.15) is 6.26 Å². The number of rotatable bonds is 4. The molecule has 0 unspecified atom stereocenters. The zero-order chi connectivity index (χ0) is 18.9. The van der Waals surface area contributed by atoms with Crippen molar-refractivity contribution in [3.8, 4) is 0 Å². The summed E-state index contributed by atoms with van der Waals surface area (Å²) >= 11 is 0. The fraction of sp³-hybridized carbons (Fsp3) is 0.476. The molecule has 7 heteroatoms. The minimum atomic E-state index is 0.0980. The highest BCUT2D eigenvalue weighted by atomic mass is 16.3. The lowest BCUT2D eigenvalue weighted by atomic mass is 10.1. The van der Waals surface area contributed by atoms with E-state index in [2.05, 4.69) is 31.9 Å². The molecule has 0 atom stereocenters. The van der Waals surface area contributed by atoms with Crippen LogP contribution in [0.4, 0.5) is 5.69 Å². The zero-order valence-corrected chi connectivity index (χ0v) is 16.0. The van der Waals surface area contributed by atoms with Crippen LogP contribution in [0.1, 0.15) is 37.4 Å². The van der Waals surface area contributed by atoms with E-state index in [0.29, 0.717) is 6.04 Å². The van der Waals surface area contributed by atoms with Crippen molar-refractivity contribution < 1.29 is 4.42 Å². The van der Waals surface area contributed by atoms with Crippen LogP contribution in [-0.4, -0.2) is 45.6 Å². The van der Waals surface area contributed by atoms with Crippen molar-refractivity contribution in [1.82, 2.24) is 19.4 Å². The largest absolute Gasteiger partial charge is 0.451 e. The van der Waals surface area contributed by atoms with Crippen molar-refractivity contribution in [3.05, 3.63) is 53.2 Å². The lowest BCUT2D eigenvalue weighted by molar-refractivity contribution is 0.247. The van der Waals surface area contributed by atoms with E-state index in [1.54, 1.807) is 12.6 Å². The highest BCUT2D eigenvalue weighted by molar-refractivity contribution is 5.81. The molecule has 2 aliphatic rings. The predicted molar refractivity (Wildman–Crippen MR) is 108 cm³/mol. The van der Waals surface area contributed by atoms with Gasteiger partial charge < -0.3 is 9.32 Å². The Balaban J connectivity index is 1.31. The molecule has 3 heterocycles. The molecule has 0 radical (unpaired) electrons. The second-order valence-corrected chi connectivity index (χ2v) is 7.84. The molecular formula is C21H25N5O2. The summed E-state index contributed by atoms with van der Waals surface area (Å²) in [6.45, 7) is 4.67. The standard InChI is InChI=1S/C21H25N5O2/c27-21-19-6-5-18(11-20(19)22-14-26(21)17-3-1-2-4-17)25-9-7-24(8-10-25)12-16-13-28-15-23-16/h5-6,11,13-15,17H,1-4,7-10,12H2. The van der Waals surface area contributed by atoms with Gasteiger partial charge in [0, 0.05) is 44.5 Å². The van der Waals surface area contributed by atoms with Gasteiger partial charge in [0.15, 0.2) is 6.39 Å². The molecule has 1 aliphatic heterocycles. The summed E-state index contributed by atoms with van der Waals surface area (Å²) in [5, 5.41) is 0.725. The fourth-order valence-corrected chi connectivity index (χ4v) is 4.47. The molecule has 0 spiro atoms. The van der Waals surface area contributed by atoms with Gasteiger partial charge in [0.2, 0.25) is 0 Å². The lowest BCUT2D eigenvalue weighted by Gasteiger charge is -2.35. The van der Waals surface area contributed by atoms with Gasteiger partial charge in [-0.3, -0.25) is 14.3 Å². The summed E-state index contributed by atoms with van der Waals surface area (Å²) in [7, 11) is 0. The summed E-state index contributed by atoms with van der Waals surface area (Å²) in [5.74, 6) is 0. The van der Waals surface area contributed by atoms with Gasteiger partial charge in [-0.15, -0.1) is 0 Å². The molecule has 1 saturated carbocycles. The Morgan fingerprint density at radius 2 is 1.89 bits per heavy atom. The van der Waals surface area contributed by atoms with Crippen LogP contribution < -0.4 is 10.5 Å². The van der Waals surface area contributed by atoms with Crippen molar-refractivity contribution in [1.29, 1.82) is 0 Å². The molecule has 0 N–H and O–H groups in total. The number of aromatic nitrogens is 3. The Bertz CT molecular complexity index is 999. The number of fused-ring (bicyclic) bond motifs is 1. The van der Waals surface area contributed by atoms with E-state index < -0.39 is 0 Å². The molecule has 0 amide bonds. The maximum atomic E-state index is 12.9. The van der Waals surface area contributed by atoms with Gasteiger partial charge in [-0.25, -0.2) is 9.97 Å². The van der Waals surface area contributed by atoms with Crippen LogP contribution in [0.3, 0.4) is 0 Å². The second-order valence-electron chi connectivity index (χ2n) is 7.84. The van der Waals surface area contributed by atoms with E-state index in [1.807, 2.05) is 10.6 Å². The third kappa shape index (κ3) is 3.30. The van der Waals surface area contributed by atoms with Crippen molar-refractivity contribution in [3.63, 3.8) is 0 Å². The van der Waals surface area contributed by atoms with Crippen molar-refractivity contribution >= 4 is 16.6 Å². The summed E-state index contributed by atoms with van der Waals surface area (Å²) in [4.78, 5) is 26.5. The molecular weight excluding hydrogens is 354 g/mol. The predicted octanol–water partition coefficient (Wildman–Crippen LogP) is 2.82. The molecule has 1 aromatic carbocycles. The van der Waals surface area contributed by atoms with Gasteiger partial charge in [0.25, 0.3) is 5.56 Å². The first-order valence-corrected chi connectivity index (χ1v) is 10.1. The second kappa shape index (κ2) is 7.39. The van der Waals surface area contributed by atoms with E-state index >= 15 is 0 Å². The monoisotopic (exact) mass is 379 g/mol. The van der Waals surface area contributed by atoms with Crippen molar-refractivity contribution in [2.75, 3.05) is 31.1 Å². The maximum absolute atomic E-state index is 12.9. The van der Waals surface area contributed by atoms with Crippen LogP contribution in [0, 0.1) is 0 Å². The third-order valence-electron chi connectivity index (χ3n) is 6.09. The number of benzene rings is 1. The van der Waals surface area contributed by atoms with Crippen LogP contribution in [0.15, 0.2) is 46.4 Å². The summed E-state index contributed by atoms with van der Waals surface area (Å²) in [6, 6.07) is 6.40. The Labute approximate surface area is 163 Å². The van der Waals surface area contributed by atoms with Crippen LogP contribution in [-0.2, 0) is 6.54 Å². The molecule has 2 aromatic heterocycles. The van der Waals surface area contributed by atoms with Crippen molar-refractivity contribution in [2.24, 2.45) is 0 Å². The molecule has 28 heavy (non-hydrogen) atoms. The van der Waals surface area contributed by atoms with Gasteiger partial charge in [0.05, 0.1) is 22.9 Å². The minimum absolute atomic E-state index is 0.0980. The third-order valence-corrected chi connectivity index (χ3v) is 6.09. The van der Waals surface area contributed by atoms with Crippen molar-refractivity contribution in [2.45, 2.75) is 38.3 Å². The Morgan fingerprint density at radius 3 is 2.64 bits per heavy atom. The zero-order valence-electron chi connectivity index (χ0n) is 16.0. The molecule has 0 bridgehead atoms. The van der Waals surface area contributed by atoms with Crippen LogP contribution >= 0.6 is 0 Å². The van der Waals surface area contributed by atoms with Gasteiger partial charge in [-0.1, -0.05) is 12.8 Å². The van der Waals surface area contributed by atoms with E-state index in [1.165, 1.54) is 19.2 Å². The first kappa shape index (κ1) is 17.4. The van der Waals surface area contributed by atoms with Gasteiger partial charge in [-0.2, -0.15) is 0 Å². The van der Waals surface area contributed by atoms with Crippen LogP contribution in [0.5, 0.6) is 0 Å². The molecule has 2 fully saturated rings. The van der Waals surface area contributed by atoms with Gasteiger partial charge in [-0.05, 0) is 31.0 Å². The fourth-order valence-electron chi connectivity index (χ4n) is 4.47. The van der Waals surface area contributed by atoms with E-state index in [9.17, 15) is 4.79 Å². The van der Waals surface area contributed by atoms with E-state index in [0.717, 1.165) is 67.8 Å². The Hall–Kier alpha value is -2.67. The number of hydrogen-bond donors (Lipinski definition) is 0. The summed E-state index contributed by atoms with van der Waals surface area (Å²) in [6.07, 6.45) is 9.52. The smallest absolute Gasteiger partial charge is 0.261 e. The number of oxazole rings is 1. The number of piperazine rings is 1. The topological polar surface area (TPSA) is 67.4 Å². The summed E-state index contributed by atoms with van der Waals surface area (Å²) in [5.41, 5.74) is 3.00. The lowest BCUT2D eigenvalue weighted by Crippen LogP contribution is -2.46. The average molecular weight is 379 g/mol. The molecule has 3 aromatic rings. The van der Waals surface area contributed by atoms with E-state index in [-0.39, 0.29) is 5.56 Å². The first-order chi connectivity index (χ1) is 13.8. The van der Waals surface area contributed by atoms with Crippen LogP contribution in [0.2, 0.25) is 0 Å². The van der Waals surface area contributed by atoms with E-state index in [4.69, 9.17) is 4.42 Å². The number of anilines is 1. The molecule has 7 nitrogen and oxygen atoms in total. The highest BCUT2D eigenvalue weighted by Crippen LogP contribution is 2.28. The normalized spacial score (nSPS) is 18.9. The summed E-state index contributed by atoms with van der Waals surface area (Å²) < 4.78 is 6.90. The maximum Gasteiger partial charge on any atom is 0.261 e. The molecule has 1 saturated heterocycles. The molecule has 1 aliphatic carbocycles. The molecule has 146 valence electrons. The van der Waals surface area contributed by atoms with Gasteiger partial charge >= 0.3 is 0 Å². The number of hydrogen-bond acceptors (Lipinski definition) is 6. The quantitative estimate of drug-likeness (QED) is 0.694. The number of nitrogens with zero attached hydrogens (tertiary/aromatic N) is 5. The Kier molecular flexibility index (Phi) is 4.60. The first-order valence-electron chi connectivity index (χ1n) is 10.1. The molecule has 5 rings (SSSR count). The SMILES string of the molecule is O=c1c2ccc(N3CCN(Cc4cocn4)CC3)cc2ncn1C1CCCC1. The van der Waals surface area contributed by atoms with Crippen LogP contribution in [0.25, 0.3) is 10.9 Å². The average Bonchev–Trinajstić information content (AvgIpc) is 3.43.